The van der Waals surface area contributed by atoms with E-state index in [1.165, 1.54) is 18.4 Å². The highest BCUT2D eigenvalue weighted by Crippen LogP contribution is 2.71. The summed E-state index contributed by atoms with van der Waals surface area (Å²) in [5, 5.41) is 11.1. The van der Waals surface area contributed by atoms with E-state index in [0.717, 1.165) is 62.7 Å². The molecule has 5 unspecified atom stereocenters. The molecule has 2 bridgehead atoms. The summed E-state index contributed by atoms with van der Waals surface area (Å²) in [6.45, 7) is 0. The second-order valence-electron chi connectivity index (χ2n) is 8.92. The Morgan fingerprint density at radius 2 is 2.04 bits per heavy atom. The molecule has 0 heterocycles. The molecule has 23 heavy (non-hydrogen) atoms. The van der Waals surface area contributed by atoms with Crippen LogP contribution in [0.25, 0.3) is 0 Å². The molecule has 0 aliphatic heterocycles. The summed E-state index contributed by atoms with van der Waals surface area (Å²) in [5.74, 6) is 6.62. The standard InChI is InChI=1S/C21H26O2/c1-2-21(23)10-8-18-17-5-3-13-11-15(22)4-6-16(13)19(17)14-7-9-20(18,21)12-14/h1,11,14,16-19,23H,3-10,12H2/t14?,16?,17?,18?,19?,20-,21-/m0/s1. The third-order valence-electron chi connectivity index (χ3n) is 8.49. The van der Waals surface area contributed by atoms with Crippen molar-refractivity contribution in [2.45, 2.75) is 63.4 Å². The van der Waals surface area contributed by atoms with Crippen LogP contribution in [0.5, 0.6) is 0 Å². The first kappa shape index (κ1) is 14.3. The van der Waals surface area contributed by atoms with Gasteiger partial charge < -0.3 is 5.11 Å². The number of carbonyl (C=O) groups excluding carboxylic acids is 1. The van der Waals surface area contributed by atoms with Crippen molar-refractivity contribution < 1.29 is 9.90 Å². The maximum absolute atomic E-state index is 11.8. The van der Waals surface area contributed by atoms with Crippen LogP contribution < -0.4 is 0 Å². The smallest absolute Gasteiger partial charge is 0.155 e. The third kappa shape index (κ3) is 1.63. The van der Waals surface area contributed by atoms with Gasteiger partial charge in [0.2, 0.25) is 0 Å². The molecule has 5 rings (SSSR count). The van der Waals surface area contributed by atoms with E-state index in [4.69, 9.17) is 6.42 Å². The lowest BCUT2D eigenvalue weighted by molar-refractivity contribution is -0.116. The fourth-order valence-electron chi connectivity index (χ4n) is 7.73. The van der Waals surface area contributed by atoms with Crippen molar-refractivity contribution in [2.24, 2.45) is 35.0 Å². The van der Waals surface area contributed by atoms with Crippen LogP contribution in [0.1, 0.15) is 57.8 Å². The number of ketones is 1. The van der Waals surface area contributed by atoms with Crippen molar-refractivity contribution in [3.8, 4) is 12.3 Å². The summed E-state index contributed by atoms with van der Waals surface area (Å²) in [7, 11) is 0. The van der Waals surface area contributed by atoms with Crippen LogP contribution in [0.15, 0.2) is 11.6 Å². The van der Waals surface area contributed by atoms with Crippen molar-refractivity contribution in [1.29, 1.82) is 0 Å². The van der Waals surface area contributed by atoms with Gasteiger partial charge in [-0.1, -0.05) is 11.5 Å². The SMILES string of the molecule is C#C[C@]1(O)CCC2C3CCC4=CC(=O)CCC4C3C3CC[C@]21C3. The first-order valence-corrected chi connectivity index (χ1v) is 9.51. The maximum atomic E-state index is 11.8. The second kappa shape index (κ2) is 4.51. The van der Waals surface area contributed by atoms with E-state index in [1.807, 2.05) is 6.08 Å². The Hall–Kier alpha value is -1.07. The van der Waals surface area contributed by atoms with Crippen molar-refractivity contribution in [3.63, 3.8) is 0 Å². The molecule has 0 saturated heterocycles. The van der Waals surface area contributed by atoms with Crippen molar-refractivity contribution in [1.82, 2.24) is 0 Å². The van der Waals surface area contributed by atoms with Crippen LogP contribution in [0.4, 0.5) is 0 Å². The molecule has 0 amide bonds. The molecular formula is C21H26O2. The van der Waals surface area contributed by atoms with Gasteiger partial charge in [-0.15, -0.1) is 6.42 Å². The molecule has 0 aromatic carbocycles. The Morgan fingerprint density at radius 3 is 2.87 bits per heavy atom. The van der Waals surface area contributed by atoms with Gasteiger partial charge in [-0.3, -0.25) is 4.79 Å². The fourth-order valence-corrected chi connectivity index (χ4v) is 7.73. The Morgan fingerprint density at radius 1 is 1.17 bits per heavy atom. The molecule has 5 aliphatic rings. The summed E-state index contributed by atoms with van der Waals surface area (Å²) < 4.78 is 0. The van der Waals surface area contributed by atoms with Gasteiger partial charge in [0.25, 0.3) is 0 Å². The van der Waals surface area contributed by atoms with Gasteiger partial charge in [0.15, 0.2) is 5.78 Å². The first-order valence-electron chi connectivity index (χ1n) is 9.51. The van der Waals surface area contributed by atoms with Crippen LogP contribution >= 0.6 is 0 Å². The molecule has 0 aromatic heterocycles. The summed E-state index contributed by atoms with van der Waals surface area (Å²) in [5.41, 5.74) is 0.613. The summed E-state index contributed by atoms with van der Waals surface area (Å²) in [6, 6.07) is 0. The Bertz CT molecular complexity index is 641. The number of hydrogen-bond acceptors (Lipinski definition) is 2. The highest BCUT2D eigenvalue weighted by Gasteiger charge is 2.68. The maximum Gasteiger partial charge on any atom is 0.155 e. The average Bonchev–Trinajstić information content (AvgIpc) is 3.08. The monoisotopic (exact) mass is 310 g/mol. The first-order chi connectivity index (χ1) is 11.1. The minimum Gasteiger partial charge on any atom is -0.377 e. The van der Waals surface area contributed by atoms with Gasteiger partial charge in [0.05, 0.1) is 0 Å². The second-order valence-corrected chi connectivity index (χ2v) is 8.92. The molecule has 0 radical (unpaired) electrons. The van der Waals surface area contributed by atoms with Gasteiger partial charge in [-0.05, 0) is 87.0 Å². The highest BCUT2D eigenvalue weighted by atomic mass is 16.3. The zero-order valence-corrected chi connectivity index (χ0v) is 13.8. The highest BCUT2D eigenvalue weighted by molar-refractivity contribution is 5.91. The molecular weight excluding hydrogens is 284 g/mol. The molecule has 1 N–H and O–H groups in total. The molecule has 122 valence electrons. The van der Waals surface area contributed by atoms with Crippen molar-refractivity contribution >= 4 is 5.78 Å². The lowest BCUT2D eigenvalue weighted by Crippen LogP contribution is -2.52. The third-order valence-corrected chi connectivity index (χ3v) is 8.49. The van der Waals surface area contributed by atoms with E-state index in [9.17, 15) is 9.90 Å². The fraction of sp³-hybridized carbons (Fsp3) is 0.762. The van der Waals surface area contributed by atoms with Crippen LogP contribution in [0.3, 0.4) is 0 Å². The van der Waals surface area contributed by atoms with E-state index in [0.29, 0.717) is 17.6 Å². The molecule has 4 saturated carbocycles. The van der Waals surface area contributed by atoms with Crippen molar-refractivity contribution in [3.05, 3.63) is 11.6 Å². The van der Waals surface area contributed by atoms with Gasteiger partial charge in [0.1, 0.15) is 5.60 Å². The number of hydrogen-bond donors (Lipinski definition) is 1. The van der Waals surface area contributed by atoms with Crippen LogP contribution in [-0.2, 0) is 4.79 Å². The molecule has 2 nitrogen and oxygen atoms in total. The largest absolute Gasteiger partial charge is 0.377 e. The number of terminal acetylenes is 1. The number of carbonyl (C=O) groups is 1. The van der Waals surface area contributed by atoms with Gasteiger partial charge >= 0.3 is 0 Å². The van der Waals surface area contributed by atoms with Crippen LogP contribution in [-0.4, -0.2) is 16.5 Å². The van der Waals surface area contributed by atoms with E-state index >= 15 is 0 Å². The minimum absolute atomic E-state index is 0.0132. The molecule has 1 spiro atoms. The number of allylic oxidation sites excluding steroid dienone is 1. The molecule has 0 aromatic rings. The normalized spacial score (nSPS) is 53.8. The van der Waals surface area contributed by atoms with E-state index in [2.05, 4.69) is 5.92 Å². The quantitative estimate of drug-likeness (QED) is 0.695. The predicted molar refractivity (Wildman–Crippen MR) is 88.3 cm³/mol. The molecule has 5 aliphatic carbocycles. The molecule has 2 heteroatoms. The average molecular weight is 310 g/mol. The molecule has 7 atom stereocenters. The summed E-state index contributed by atoms with van der Waals surface area (Å²) in [4.78, 5) is 11.8. The van der Waals surface area contributed by atoms with E-state index < -0.39 is 5.60 Å². The number of aliphatic hydroxyl groups is 1. The lowest BCUT2D eigenvalue weighted by atomic mass is 9.50. The number of fused-ring (bicyclic) bond motifs is 6. The minimum atomic E-state index is -0.851. The number of rotatable bonds is 0. The zero-order valence-electron chi connectivity index (χ0n) is 13.8. The zero-order chi connectivity index (χ0) is 15.8. The van der Waals surface area contributed by atoms with E-state index in [-0.39, 0.29) is 5.41 Å². The summed E-state index contributed by atoms with van der Waals surface area (Å²) >= 11 is 0. The Labute approximate surface area is 138 Å². The molecule has 4 fully saturated rings. The van der Waals surface area contributed by atoms with Crippen LogP contribution in [0.2, 0.25) is 0 Å². The Kier molecular flexibility index (Phi) is 2.80. The summed E-state index contributed by atoms with van der Waals surface area (Å²) in [6.07, 6.45) is 17.3. The van der Waals surface area contributed by atoms with Crippen molar-refractivity contribution in [2.75, 3.05) is 0 Å². The van der Waals surface area contributed by atoms with Gasteiger partial charge in [-0.25, -0.2) is 0 Å². The van der Waals surface area contributed by atoms with E-state index in [1.54, 1.807) is 0 Å². The van der Waals surface area contributed by atoms with Gasteiger partial charge in [0, 0.05) is 11.8 Å². The van der Waals surface area contributed by atoms with Gasteiger partial charge in [-0.2, -0.15) is 0 Å². The predicted octanol–water partition coefficient (Wildman–Crippen LogP) is 3.49. The topological polar surface area (TPSA) is 37.3 Å². The lowest BCUT2D eigenvalue weighted by Gasteiger charge is -2.55. The van der Waals surface area contributed by atoms with Crippen LogP contribution in [0, 0.1) is 47.3 Å². The Balaban J connectivity index is 1.56.